The molecule has 3 atom stereocenters. The van der Waals surface area contributed by atoms with Crippen LogP contribution in [-0.2, 0) is 17.1 Å². The maximum atomic E-state index is 14.1. The molecule has 0 unspecified atom stereocenters. The van der Waals surface area contributed by atoms with E-state index in [9.17, 15) is 50.5 Å². The molecule has 14 heteroatoms. The summed E-state index contributed by atoms with van der Waals surface area (Å²) in [5, 5.41) is 19.5. The monoisotopic (exact) mass is 633 g/mol. The van der Waals surface area contributed by atoms with Gasteiger partial charge in [0.05, 0.1) is 34.7 Å². The number of carbonyl (C=O) groups is 2. The number of benzene rings is 2. The first-order chi connectivity index (χ1) is 20.4. The minimum Gasteiger partial charge on any atom is -0.396 e. The number of nitrogens with zero attached hydrogens (tertiary/aromatic N) is 3. The van der Waals surface area contributed by atoms with E-state index in [0.29, 0.717) is 23.3 Å². The number of fused-ring (bicyclic) bond motifs is 1. The molecule has 2 aromatic rings. The second-order valence-electron chi connectivity index (χ2n) is 11.5. The van der Waals surface area contributed by atoms with Gasteiger partial charge in [0.25, 0.3) is 0 Å². The Kier molecular flexibility index (Phi) is 9.28. The molecule has 2 fully saturated rings. The van der Waals surface area contributed by atoms with Crippen molar-refractivity contribution in [2.24, 2.45) is 5.41 Å². The van der Waals surface area contributed by atoms with Crippen molar-refractivity contribution in [2.45, 2.75) is 63.6 Å². The smallest absolute Gasteiger partial charge is 0.396 e. The van der Waals surface area contributed by atoms with Crippen molar-refractivity contribution < 1.29 is 50.5 Å². The molecule has 3 amide bonds. The summed E-state index contributed by atoms with van der Waals surface area (Å²) in [5.41, 5.74) is -3.52. The molecule has 7 nitrogen and oxygen atoms in total. The topological polar surface area (TPSA) is 84.3 Å². The third-order valence-electron chi connectivity index (χ3n) is 8.95. The van der Waals surface area contributed by atoms with Crippen LogP contribution in [0.25, 0.3) is 0 Å². The molecule has 2 heterocycles. The first kappa shape index (κ1) is 33.5. The number of amides is 3. The second-order valence-corrected chi connectivity index (χ2v) is 11.5. The molecule has 0 saturated carbocycles. The molecule has 44 heavy (non-hydrogen) atoms. The van der Waals surface area contributed by atoms with Crippen molar-refractivity contribution in [1.29, 1.82) is 0 Å². The zero-order chi connectivity index (χ0) is 32.8. The Morgan fingerprint density at radius 3 is 2.07 bits per heavy atom. The first-order valence-electron chi connectivity index (χ1n) is 14.1. The summed E-state index contributed by atoms with van der Waals surface area (Å²) in [6.45, 7) is 2.31. The number of hydrogen-bond donors (Lipinski definition) is 2. The number of alkyl halides is 6. The van der Waals surface area contributed by atoms with Crippen molar-refractivity contribution >= 4 is 11.9 Å². The Labute approximate surface area is 249 Å². The van der Waals surface area contributed by atoms with Crippen molar-refractivity contribution in [2.75, 3.05) is 33.4 Å². The molecule has 0 aliphatic carbocycles. The Hall–Kier alpha value is -3.39. The van der Waals surface area contributed by atoms with Crippen LogP contribution in [0.4, 0.5) is 35.5 Å². The van der Waals surface area contributed by atoms with Gasteiger partial charge in [0.2, 0.25) is 5.91 Å². The van der Waals surface area contributed by atoms with Gasteiger partial charge in [-0.25, -0.2) is 9.18 Å². The third-order valence-corrected chi connectivity index (χ3v) is 8.95. The fourth-order valence-electron chi connectivity index (χ4n) is 6.51. The largest absolute Gasteiger partial charge is 0.416 e. The summed E-state index contributed by atoms with van der Waals surface area (Å²) >= 11 is 0. The lowest BCUT2D eigenvalue weighted by Crippen LogP contribution is -2.57. The van der Waals surface area contributed by atoms with Crippen LogP contribution in [0.15, 0.2) is 36.4 Å². The average molecular weight is 634 g/mol. The number of hydrogen-bond acceptors (Lipinski definition) is 4. The number of rotatable bonds is 7. The molecule has 4 rings (SSSR count). The standard InChI is InChI=1S/C30H34F7N3O4/c1-17-12-22(31)4-5-23(17)25-24-16-28(6-10-41,7-11-42)26(43)39(24)8-9-40(25)27(44)38(3)18(2)19-13-20(29(32,33)34)15-21(14-19)30(35,36)37/h4-5,12-15,18,24-25,41-42H,6-11,16H2,1-3H3/t18-,24+,25+/m1/s1. The van der Waals surface area contributed by atoms with Crippen LogP contribution in [0, 0.1) is 18.2 Å². The molecule has 2 aromatic carbocycles. The van der Waals surface area contributed by atoms with Crippen LogP contribution >= 0.6 is 0 Å². The zero-order valence-corrected chi connectivity index (χ0v) is 24.3. The van der Waals surface area contributed by atoms with Crippen molar-refractivity contribution in [3.05, 3.63) is 70.0 Å². The fourth-order valence-corrected chi connectivity index (χ4v) is 6.51. The first-order valence-corrected chi connectivity index (χ1v) is 14.1. The highest BCUT2D eigenvalue weighted by Crippen LogP contribution is 2.49. The summed E-state index contributed by atoms with van der Waals surface area (Å²) in [6.07, 6.45) is -9.85. The van der Waals surface area contributed by atoms with E-state index in [0.717, 1.165) is 4.90 Å². The number of aliphatic hydroxyl groups excluding tert-OH is 2. The Morgan fingerprint density at radius 1 is 1.00 bits per heavy atom. The molecular weight excluding hydrogens is 599 g/mol. The predicted molar refractivity (Wildman–Crippen MR) is 145 cm³/mol. The third kappa shape index (κ3) is 6.23. The Morgan fingerprint density at radius 2 is 1.57 bits per heavy atom. The number of urea groups is 1. The van der Waals surface area contributed by atoms with Gasteiger partial charge >= 0.3 is 18.4 Å². The van der Waals surface area contributed by atoms with Gasteiger partial charge in [-0.2, -0.15) is 26.3 Å². The van der Waals surface area contributed by atoms with E-state index >= 15 is 0 Å². The van der Waals surface area contributed by atoms with Crippen LogP contribution in [0.2, 0.25) is 0 Å². The van der Waals surface area contributed by atoms with E-state index in [4.69, 9.17) is 0 Å². The maximum Gasteiger partial charge on any atom is 0.416 e. The van der Waals surface area contributed by atoms with E-state index < -0.39 is 58.9 Å². The number of halogens is 7. The van der Waals surface area contributed by atoms with Gasteiger partial charge in [-0.15, -0.1) is 0 Å². The molecular formula is C30H34F7N3O4. The molecule has 0 bridgehead atoms. The lowest BCUT2D eigenvalue weighted by atomic mass is 9.77. The van der Waals surface area contributed by atoms with Gasteiger partial charge in [-0.1, -0.05) is 6.07 Å². The van der Waals surface area contributed by atoms with E-state index in [2.05, 4.69) is 0 Å². The SMILES string of the molecule is Cc1cc(F)ccc1[C@H]1[C@@H]2CC(CCO)(CCO)C(=O)N2CCN1C(=O)N(C)[C@H](C)c1cc(C(F)(F)F)cc(C(F)(F)F)c1. The molecule has 2 N–H and O–H groups in total. The van der Waals surface area contributed by atoms with Gasteiger partial charge in [0, 0.05) is 33.4 Å². The van der Waals surface area contributed by atoms with Crippen molar-refractivity contribution in [3.63, 3.8) is 0 Å². The van der Waals surface area contributed by atoms with Crippen molar-refractivity contribution in [3.8, 4) is 0 Å². The van der Waals surface area contributed by atoms with Crippen LogP contribution in [-0.4, -0.2) is 76.2 Å². The predicted octanol–water partition coefficient (Wildman–Crippen LogP) is 5.69. The average Bonchev–Trinajstić information content (AvgIpc) is 3.21. The fraction of sp³-hybridized carbons (Fsp3) is 0.533. The van der Waals surface area contributed by atoms with Crippen LogP contribution in [0.5, 0.6) is 0 Å². The van der Waals surface area contributed by atoms with Gasteiger partial charge < -0.3 is 24.9 Å². The molecule has 2 aliphatic heterocycles. The summed E-state index contributed by atoms with van der Waals surface area (Å²) in [6, 6.07) is 1.66. The molecule has 2 saturated heterocycles. The number of carbonyl (C=O) groups excluding carboxylic acids is 2. The summed E-state index contributed by atoms with van der Waals surface area (Å²) < 4.78 is 95.3. The highest BCUT2D eigenvalue weighted by molar-refractivity contribution is 5.86. The van der Waals surface area contributed by atoms with Gasteiger partial charge in [0.1, 0.15) is 5.82 Å². The zero-order valence-electron chi connectivity index (χ0n) is 24.3. The quantitative estimate of drug-likeness (QED) is 0.384. The Balaban J connectivity index is 1.76. The lowest BCUT2D eigenvalue weighted by molar-refractivity contribution is -0.143. The van der Waals surface area contributed by atoms with Crippen LogP contribution in [0.3, 0.4) is 0 Å². The number of piperazine rings is 1. The number of aliphatic hydroxyl groups is 2. The molecule has 0 radical (unpaired) electrons. The highest BCUT2D eigenvalue weighted by atomic mass is 19.4. The Bertz CT molecular complexity index is 1360. The number of aryl methyl sites for hydroxylation is 1. The van der Waals surface area contributed by atoms with Gasteiger partial charge in [-0.05, 0) is 80.1 Å². The van der Waals surface area contributed by atoms with Crippen LogP contribution < -0.4 is 0 Å². The van der Waals surface area contributed by atoms with Gasteiger partial charge in [-0.3, -0.25) is 4.79 Å². The van der Waals surface area contributed by atoms with E-state index in [1.807, 2.05) is 0 Å². The highest BCUT2D eigenvalue weighted by Gasteiger charge is 2.56. The normalized spacial score (nSPS) is 21.0. The molecule has 2 aliphatic rings. The van der Waals surface area contributed by atoms with E-state index in [1.165, 1.54) is 37.1 Å². The van der Waals surface area contributed by atoms with Gasteiger partial charge in [0.15, 0.2) is 0 Å². The molecule has 0 aromatic heterocycles. The second kappa shape index (κ2) is 12.2. The van der Waals surface area contributed by atoms with E-state index in [-0.39, 0.29) is 63.1 Å². The van der Waals surface area contributed by atoms with Crippen LogP contribution in [0.1, 0.15) is 66.1 Å². The summed E-state index contributed by atoms with van der Waals surface area (Å²) in [7, 11) is 1.27. The van der Waals surface area contributed by atoms with E-state index in [1.54, 1.807) is 11.8 Å². The van der Waals surface area contributed by atoms with Crippen molar-refractivity contribution in [1.82, 2.24) is 14.7 Å². The summed E-state index contributed by atoms with van der Waals surface area (Å²) in [4.78, 5) is 31.7. The maximum absolute atomic E-state index is 14.1. The minimum atomic E-state index is -5.06. The molecule has 0 spiro atoms. The minimum absolute atomic E-state index is 0.0206. The lowest BCUT2D eigenvalue weighted by Gasteiger charge is -2.47. The molecule has 242 valence electrons. The summed E-state index contributed by atoms with van der Waals surface area (Å²) in [5.74, 6) is -0.835.